The van der Waals surface area contributed by atoms with Crippen LogP contribution in [0.1, 0.15) is 36.1 Å². The Labute approximate surface area is 150 Å². The Kier molecular flexibility index (Phi) is 6.62. The zero-order valence-corrected chi connectivity index (χ0v) is 15.5. The molecule has 2 rings (SSSR count). The standard InChI is InChI=1S/C16H20N4O2S2/c1-4-13-19-20-16(24-13)18-15(23)17-14(21)11-5-7-12(8-6-11)22-9-10(2)3/h5-8,10H,4,9H2,1-3H3,(H2,17,18,20,21,23). The van der Waals surface area contributed by atoms with Crippen molar-refractivity contribution in [2.24, 2.45) is 5.92 Å². The van der Waals surface area contributed by atoms with E-state index in [-0.39, 0.29) is 11.0 Å². The van der Waals surface area contributed by atoms with Crippen molar-refractivity contribution in [1.82, 2.24) is 15.5 Å². The Bertz CT molecular complexity index is 698. The van der Waals surface area contributed by atoms with E-state index in [1.165, 1.54) is 11.3 Å². The molecule has 8 heteroatoms. The molecule has 0 atom stereocenters. The second kappa shape index (κ2) is 8.70. The average Bonchev–Trinajstić information content (AvgIpc) is 3.00. The number of aryl methyl sites for hydroxylation is 1. The van der Waals surface area contributed by atoms with Gasteiger partial charge in [-0.3, -0.25) is 10.1 Å². The van der Waals surface area contributed by atoms with E-state index >= 15 is 0 Å². The van der Waals surface area contributed by atoms with Gasteiger partial charge in [0.25, 0.3) is 5.91 Å². The van der Waals surface area contributed by atoms with Crippen molar-refractivity contribution in [1.29, 1.82) is 0 Å². The number of hydrogen-bond donors (Lipinski definition) is 2. The number of rotatable bonds is 6. The lowest BCUT2D eigenvalue weighted by molar-refractivity contribution is 0.0977. The smallest absolute Gasteiger partial charge is 0.257 e. The number of hydrogen-bond acceptors (Lipinski definition) is 6. The van der Waals surface area contributed by atoms with E-state index in [4.69, 9.17) is 17.0 Å². The Morgan fingerprint density at radius 1 is 1.29 bits per heavy atom. The molecule has 2 aromatic rings. The number of amides is 1. The number of ether oxygens (including phenoxy) is 1. The van der Waals surface area contributed by atoms with Gasteiger partial charge in [0.1, 0.15) is 10.8 Å². The van der Waals surface area contributed by atoms with Gasteiger partial charge in [0.05, 0.1) is 6.61 Å². The number of nitrogens with one attached hydrogen (secondary N) is 2. The van der Waals surface area contributed by atoms with Gasteiger partial charge in [-0.05, 0) is 48.8 Å². The first kappa shape index (κ1) is 18.3. The molecule has 0 saturated carbocycles. The van der Waals surface area contributed by atoms with Gasteiger partial charge < -0.3 is 10.1 Å². The lowest BCUT2D eigenvalue weighted by Crippen LogP contribution is -2.34. The predicted octanol–water partition coefficient (Wildman–Crippen LogP) is 3.26. The molecule has 24 heavy (non-hydrogen) atoms. The second-order valence-corrected chi connectivity index (χ2v) is 6.96. The quantitative estimate of drug-likeness (QED) is 0.766. The van der Waals surface area contributed by atoms with Crippen LogP contribution >= 0.6 is 23.6 Å². The average molecular weight is 364 g/mol. The fourth-order valence-corrected chi connectivity index (χ4v) is 2.65. The largest absolute Gasteiger partial charge is 0.493 e. The molecule has 0 aliphatic rings. The maximum atomic E-state index is 12.2. The number of carbonyl (C=O) groups is 1. The van der Waals surface area contributed by atoms with Crippen LogP contribution in [0.25, 0.3) is 0 Å². The third-order valence-corrected chi connectivity index (χ3v) is 4.10. The minimum atomic E-state index is -0.289. The molecule has 0 aliphatic carbocycles. The lowest BCUT2D eigenvalue weighted by Gasteiger charge is -2.10. The fourth-order valence-electron chi connectivity index (χ4n) is 1.72. The first-order valence-electron chi connectivity index (χ1n) is 7.65. The maximum absolute atomic E-state index is 12.2. The summed E-state index contributed by atoms with van der Waals surface area (Å²) in [6, 6.07) is 6.94. The normalized spacial score (nSPS) is 10.5. The Hall–Kier alpha value is -2.06. The van der Waals surface area contributed by atoms with E-state index in [0.717, 1.165) is 17.2 Å². The molecule has 0 fully saturated rings. The van der Waals surface area contributed by atoms with Crippen molar-refractivity contribution in [2.75, 3.05) is 11.9 Å². The Morgan fingerprint density at radius 2 is 2.00 bits per heavy atom. The van der Waals surface area contributed by atoms with E-state index < -0.39 is 0 Å². The zero-order chi connectivity index (χ0) is 17.5. The van der Waals surface area contributed by atoms with E-state index in [1.807, 2.05) is 6.92 Å². The molecular formula is C16H20N4O2S2. The molecule has 128 valence electrons. The third-order valence-electron chi connectivity index (χ3n) is 2.92. The summed E-state index contributed by atoms with van der Waals surface area (Å²) in [4.78, 5) is 12.2. The van der Waals surface area contributed by atoms with Crippen molar-refractivity contribution in [3.63, 3.8) is 0 Å². The summed E-state index contributed by atoms with van der Waals surface area (Å²) in [6.45, 7) is 6.80. The fraction of sp³-hybridized carbons (Fsp3) is 0.375. The van der Waals surface area contributed by atoms with Crippen LogP contribution in [-0.4, -0.2) is 27.8 Å². The molecule has 1 aromatic heterocycles. The van der Waals surface area contributed by atoms with Crippen molar-refractivity contribution in [3.05, 3.63) is 34.8 Å². The summed E-state index contributed by atoms with van der Waals surface area (Å²) in [5.41, 5.74) is 0.502. The number of benzene rings is 1. The minimum absolute atomic E-state index is 0.193. The second-order valence-electron chi connectivity index (χ2n) is 5.49. The molecule has 0 bridgehead atoms. The first-order valence-corrected chi connectivity index (χ1v) is 8.88. The van der Waals surface area contributed by atoms with Crippen LogP contribution in [0.15, 0.2) is 24.3 Å². The maximum Gasteiger partial charge on any atom is 0.257 e. The highest BCUT2D eigenvalue weighted by molar-refractivity contribution is 7.80. The predicted molar refractivity (Wildman–Crippen MR) is 99.7 cm³/mol. The van der Waals surface area contributed by atoms with Crippen LogP contribution in [0, 0.1) is 5.92 Å². The van der Waals surface area contributed by atoms with Crippen LogP contribution in [-0.2, 0) is 6.42 Å². The SMILES string of the molecule is CCc1nnc(NC(=S)NC(=O)c2ccc(OCC(C)C)cc2)s1. The van der Waals surface area contributed by atoms with Gasteiger partial charge >= 0.3 is 0 Å². The first-order chi connectivity index (χ1) is 11.5. The van der Waals surface area contributed by atoms with Gasteiger partial charge in [-0.2, -0.15) is 0 Å². The lowest BCUT2D eigenvalue weighted by atomic mass is 10.2. The molecule has 6 nitrogen and oxygen atoms in total. The van der Waals surface area contributed by atoms with E-state index in [0.29, 0.717) is 23.2 Å². The highest BCUT2D eigenvalue weighted by atomic mass is 32.1. The third kappa shape index (κ3) is 5.54. The zero-order valence-electron chi connectivity index (χ0n) is 13.8. The van der Waals surface area contributed by atoms with Crippen molar-refractivity contribution in [2.45, 2.75) is 27.2 Å². The Morgan fingerprint density at radius 3 is 2.58 bits per heavy atom. The van der Waals surface area contributed by atoms with Gasteiger partial charge in [0.2, 0.25) is 5.13 Å². The molecule has 2 N–H and O–H groups in total. The number of carbonyl (C=O) groups excluding carboxylic acids is 1. The molecule has 1 aromatic carbocycles. The monoisotopic (exact) mass is 364 g/mol. The van der Waals surface area contributed by atoms with Crippen LogP contribution in [0.2, 0.25) is 0 Å². The van der Waals surface area contributed by atoms with Gasteiger partial charge in [-0.25, -0.2) is 0 Å². The van der Waals surface area contributed by atoms with Crippen molar-refractivity contribution < 1.29 is 9.53 Å². The van der Waals surface area contributed by atoms with Crippen LogP contribution in [0.4, 0.5) is 5.13 Å². The summed E-state index contributed by atoms with van der Waals surface area (Å²) in [5, 5.41) is 15.1. The minimum Gasteiger partial charge on any atom is -0.493 e. The summed E-state index contributed by atoms with van der Waals surface area (Å²) >= 11 is 6.53. The molecule has 0 radical (unpaired) electrons. The molecular weight excluding hydrogens is 344 g/mol. The molecule has 0 spiro atoms. The van der Waals surface area contributed by atoms with Crippen LogP contribution in [0.5, 0.6) is 5.75 Å². The van der Waals surface area contributed by atoms with Gasteiger partial charge in [-0.15, -0.1) is 10.2 Å². The van der Waals surface area contributed by atoms with E-state index in [2.05, 4.69) is 34.7 Å². The summed E-state index contributed by atoms with van der Waals surface area (Å²) in [7, 11) is 0. The molecule has 1 heterocycles. The Balaban J connectivity index is 1.87. The topological polar surface area (TPSA) is 76.1 Å². The highest BCUT2D eigenvalue weighted by Gasteiger charge is 2.10. The summed E-state index contributed by atoms with van der Waals surface area (Å²) < 4.78 is 5.59. The van der Waals surface area contributed by atoms with E-state index in [1.54, 1.807) is 24.3 Å². The summed E-state index contributed by atoms with van der Waals surface area (Å²) in [5.74, 6) is 0.898. The molecule has 0 unspecified atom stereocenters. The van der Waals surface area contributed by atoms with Crippen molar-refractivity contribution >= 4 is 39.7 Å². The van der Waals surface area contributed by atoms with Crippen LogP contribution in [0.3, 0.4) is 0 Å². The van der Waals surface area contributed by atoms with Gasteiger partial charge in [0.15, 0.2) is 5.11 Å². The molecule has 0 aliphatic heterocycles. The number of anilines is 1. The van der Waals surface area contributed by atoms with Crippen molar-refractivity contribution in [3.8, 4) is 5.75 Å². The molecule has 0 saturated heterocycles. The summed E-state index contributed by atoms with van der Waals surface area (Å²) in [6.07, 6.45) is 0.809. The van der Waals surface area contributed by atoms with E-state index in [9.17, 15) is 4.79 Å². The highest BCUT2D eigenvalue weighted by Crippen LogP contribution is 2.16. The molecule has 1 amide bonds. The van der Waals surface area contributed by atoms with Gasteiger partial charge in [-0.1, -0.05) is 32.1 Å². The number of aromatic nitrogens is 2. The van der Waals surface area contributed by atoms with Gasteiger partial charge in [0, 0.05) is 5.56 Å². The number of thiocarbonyl (C=S) groups is 1. The van der Waals surface area contributed by atoms with Crippen LogP contribution < -0.4 is 15.4 Å². The number of nitrogens with zero attached hydrogens (tertiary/aromatic N) is 2.